The fourth-order valence-corrected chi connectivity index (χ4v) is 2.96. The van der Waals surface area contributed by atoms with E-state index in [-0.39, 0.29) is 5.91 Å². The highest BCUT2D eigenvalue weighted by Gasteiger charge is 2.12. The Bertz CT molecular complexity index is 1020. The quantitative estimate of drug-likeness (QED) is 0.377. The minimum atomic E-state index is -4.38. The van der Waals surface area contributed by atoms with E-state index in [1.165, 1.54) is 12.1 Å². The van der Waals surface area contributed by atoms with Gasteiger partial charge in [0.15, 0.2) is 5.75 Å². The van der Waals surface area contributed by atoms with E-state index in [2.05, 4.69) is 20.9 Å². The van der Waals surface area contributed by atoms with Crippen LogP contribution >= 0.6 is 0 Å². The Kier molecular flexibility index (Phi) is 8.79. The molecule has 0 fully saturated rings. The van der Waals surface area contributed by atoms with Crippen molar-refractivity contribution >= 4 is 44.7 Å². The summed E-state index contributed by atoms with van der Waals surface area (Å²) in [5, 5.41) is 13.4. The molecule has 166 valence electrons. The molecular weight excluding hydrogens is 422 g/mol. The highest BCUT2D eigenvalue weighted by Crippen LogP contribution is 2.21. The number of carbonyl (C=O) groups excluding carboxylic acids is 2. The van der Waals surface area contributed by atoms with Crippen LogP contribution in [0, 0.1) is 0 Å². The van der Waals surface area contributed by atoms with Gasteiger partial charge in [-0.15, -0.1) is 0 Å². The molecule has 0 saturated heterocycles. The van der Waals surface area contributed by atoms with Crippen molar-refractivity contribution in [1.82, 2.24) is 4.90 Å². The minimum Gasteiger partial charge on any atom is -0.325 e. The number of hydrogen-bond acceptors (Lipinski definition) is 7. The van der Waals surface area contributed by atoms with E-state index in [1.807, 2.05) is 18.7 Å². The zero-order valence-electron chi connectivity index (χ0n) is 17.3. The predicted octanol–water partition coefficient (Wildman–Crippen LogP) is 3.21. The molecule has 2 aromatic rings. The van der Waals surface area contributed by atoms with Crippen molar-refractivity contribution in [3.8, 4) is 0 Å². The van der Waals surface area contributed by atoms with Crippen LogP contribution in [-0.4, -0.2) is 55.1 Å². The first-order valence-corrected chi connectivity index (χ1v) is 11.2. The summed E-state index contributed by atoms with van der Waals surface area (Å²) in [6.07, 6.45) is 0. The molecule has 0 aliphatic carbocycles. The van der Waals surface area contributed by atoms with E-state index >= 15 is 0 Å². The molecule has 11 heteroatoms. The number of amides is 2. The molecule has 0 atom stereocenters. The molecular formula is C20H25N5O5S. The van der Waals surface area contributed by atoms with Crippen LogP contribution < -0.4 is 10.6 Å². The average Bonchev–Trinajstić information content (AvgIpc) is 2.71. The molecule has 3 N–H and O–H groups in total. The maximum atomic E-state index is 12.0. The van der Waals surface area contributed by atoms with Crippen LogP contribution in [0.4, 0.5) is 22.7 Å². The van der Waals surface area contributed by atoms with Gasteiger partial charge in [-0.1, -0.05) is 13.8 Å². The Balaban J connectivity index is 1.90. The summed E-state index contributed by atoms with van der Waals surface area (Å²) >= 11 is 0. The minimum absolute atomic E-state index is 0.0816. The van der Waals surface area contributed by atoms with Crippen molar-refractivity contribution in [2.75, 3.05) is 36.0 Å². The average molecular weight is 448 g/mol. The number of benzene rings is 2. The van der Waals surface area contributed by atoms with Crippen LogP contribution in [0.15, 0.2) is 58.8 Å². The first kappa shape index (κ1) is 24.1. The normalized spacial score (nSPS) is 11.6. The number of nitrogens with one attached hydrogen (secondary N) is 2. The van der Waals surface area contributed by atoms with Crippen molar-refractivity contribution in [2.24, 2.45) is 10.2 Å². The highest BCUT2D eigenvalue weighted by molar-refractivity contribution is 7.86. The zero-order valence-corrected chi connectivity index (χ0v) is 18.1. The van der Waals surface area contributed by atoms with Crippen LogP contribution in [0.5, 0.6) is 0 Å². The van der Waals surface area contributed by atoms with Gasteiger partial charge in [0, 0.05) is 11.4 Å². The molecule has 2 amide bonds. The fraction of sp³-hybridized carbons (Fsp3) is 0.300. The lowest BCUT2D eigenvalue weighted by atomic mass is 10.3. The smallest absolute Gasteiger partial charge is 0.274 e. The molecule has 31 heavy (non-hydrogen) atoms. The van der Waals surface area contributed by atoms with Gasteiger partial charge >= 0.3 is 0 Å². The number of rotatable bonds is 10. The Morgan fingerprint density at radius 2 is 1.26 bits per heavy atom. The molecule has 0 unspecified atom stereocenters. The van der Waals surface area contributed by atoms with Gasteiger partial charge in [0.1, 0.15) is 0 Å². The summed E-state index contributed by atoms with van der Waals surface area (Å²) in [5.74, 6) is -1.94. The number of hydrogen-bond donors (Lipinski definition) is 3. The number of carbonyl (C=O) groups is 2. The third-order valence-electron chi connectivity index (χ3n) is 4.16. The van der Waals surface area contributed by atoms with Crippen LogP contribution in [-0.2, 0) is 19.7 Å². The number of azo groups is 1. The maximum Gasteiger partial charge on any atom is 0.274 e. The summed E-state index contributed by atoms with van der Waals surface area (Å²) in [7, 11) is -4.38. The van der Waals surface area contributed by atoms with Crippen LogP contribution in [0.2, 0.25) is 0 Å². The van der Waals surface area contributed by atoms with Gasteiger partial charge in [0.25, 0.3) is 10.1 Å². The Morgan fingerprint density at radius 3 is 1.65 bits per heavy atom. The predicted molar refractivity (Wildman–Crippen MR) is 119 cm³/mol. The molecule has 0 spiro atoms. The Morgan fingerprint density at radius 1 is 0.839 bits per heavy atom. The first-order chi connectivity index (χ1) is 14.7. The zero-order chi connectivity index (χ0) is 22.9. The number of likely N-dealkylation sites (N-methyl/N-ethyl adjacent to an activating group) is 1. The van der Waals surface area contributed by atoms with Gasteiger partial charge in [0.2, 0.25) is 11.8 Å². The second-order valence-electron chi connectivity index (χ2n) is 6.58. The lowest BCUT2D eigenvalue weighted by Gasteiger charge is -2.17. The summed E-state index contributed by atoms with van der Waals surface area (Å²) in [6, 6.07) is 13.2. The SMILES string of the molecule is CCN(CC)CC(=O)Nc1ccc(/N=N/c2ccc(NC(=O)CS(=O)(=O)O)cc2)cc1. The topological polar surface area (TPSA) is 141 Å². The maximum absolute atomic E-state index is 12.0. The van der Waals surface area contributed by atoms with Gasteiger partial charge in [-0.25, -0.2) is 0 Å². The van der Waals surface area contributed by atoms with Gasteiger partial charge in [-0.3, -0.25) is 19.0 Å². The number of anilines is 2. The molecule has 0 aromatic heterocycles. The first-order valence-electron chi connectivity index (χ1n) is 9.57. The summed E-state index contributed by atoms with van der Waals surface area (Å²) in [6.45, 7) is 5.96. The molecule has 0 aliphatic rings. The lowest BCUT2D eigenvalue weighted by Crippen LogP contribution is -2.32. The van der Waals surface area contributed by atoms with Crippen LogP contribution in [0.25, 0.3) is 0 Å². The molecule has 0 heterocycles. The van der Waals surface area contributed by atoms with Crippen molar-refractivity contribution in [3.05, 3.63) is 48.5 Å². The van der Waals surface area contributed by atoms with Crippen molar-refractivity contribution in [3.63, 3.8) is 0 Å². The van der Waals surface area contributed by atoms with Crippen molar-refractivity contribution in [2.45, 2.75) is 13.8 Å². The summed E-state index contributed by atoms with van der Waals surface area (Å²) < 4.78 is 30.0. The number of nitrogens with zero attached hydrogens (tertiary/aromatic N) is 3. The standard InChI is InChI=1S/C20H25N5O5S/c1-3-25(4-2)13-19(26)21-15-5-9-17(10-6-15)23-24-18-11-7-16(8-12-18)22-20(27)14-31(28,29)30/h5-12H,3-4,13-14H2,1-2H3,(H,21,26)(H,22,27)(H,28,29,30)/b24-23+. The van der Waals surface area contributed by atoms with Crippen molar-refractivity contribution in [1.29, 1.82) is 0 Å². The summed E-state index contributed by atoms with van der Waals surface area (Å²) in [4.78, 5) is 25.5. The second-order valence-corrected chi connectivity index (χ2v) is 8.03. The van der Waals surface area contributed by atoms with Gasteiger partial charge in [-0.2, -0.15) is 18.6 Å². The van der Waals surface area contributed by atoms with Crippen LogP contribution in [0.1, 0.15) is 13.8 Å². The third kappa shape index (κ3) is 9.03. The third-order valence-corrected chi connectivity index (χ3v) is 4.79. The van der Waals surface area contributed by atoms with E-state index in [0.29, 0.717) is 29.3 Å². The van der Waals surface area contributed by atoms with E-state index in [4.69, 9.17) is 4.55 Å². The van der Waals surface area contributed by atoms with E-state index in [0.717, 1.165) is 13.1 Å². The Labute approximate surface area is 181 Å². The lowest BCUT2D eigenvalue weighted by molar-refractivity contribution is -0.117. The monoisotopic (exact) mass is 447 g/mol. The van der Waals surface area contributed by atoms with Gasteiger partial charge in [0.05, 0.1) is 17.9 Å². The Hall–Kier alpha value is -3.15. The van der Waals surface area contributed by atoms with Crippen molar-refractivity contribution < 1.29 is 22.6 Å². The molecule has 10 nitrogen and oxygen atoms in total. The highest BCUT2D eigenvalue weighted by atomic mass is 32.2. The fourth-order valence-electron chi connectivity index (χ4n) is 2.55. The molecule has 0 aliphatic heterocycles. The second kappa shape index (κ2) is 11.3. The molecule has 0 radical (unpaired) electrons. The van der Waals surface area contributed by atoms with Gasteiger partial charge in [-0.05, 0) is 61.6 Å². The summed E-state index contributed by atoms with van der Waals surface area (Å²) in [5.41, 5.74) is 2.13. The largest absolute Gasteiger partial charge is 0.325 e. The van der Waals surface area contributed by atoms with E-state index in [1.54, 1.807) is 36.4 Å². The molecule has 0 saturated carbocycles. The van der Waals surface area contributed by atoms with E-state index < -0.39 is 21.8 Å². The molecule has 2 rings (SSSR count). The van der Waals surface area contributed by atoms with Gasteiger partial charge < -0.3 is 10.6 Å². The molecule has 0 bridgehead atoms. The van der Waals surface area contributed by atoms with E-state index in [9.17, 15) is 18.0 Å². The van der Waals surface area contributed by atoms with Crippen LogP contribution in [0.3, 0.4) is 0 Å². The molecule has 2 aromatic carbocycles.